The number of fused-ring (bicyclic) bond motifs is 1. The zero-order valence-corrected chi connectivity index (χ0v) is 22.3. The van der Waals surface area contributed by atoms with Crippen LogP contribution in [0.15, 0.2) is 25.3 Å². The molecule has 3 aliphatic rings. The molecular weight excluding hydrogens is 506 g/mol. The lowest BCUT2D eigenvalue weighted by atomic mass is 9.70. The van der Waals surface area contributed by atoms with Gasteiger partial charge < -0.3 is 19.8 Å². The van der Waals surface area contributed by atoms with Gasteiger partial charge in [-0.3, -0.25) is 14.4 Å². The van der Waals surface area contributed by atoms with Crippen molar-refractivity contribution in [2.24, 2.45) is 11.8 Å². The number of hydrogen-bond acceptors (Lipinski definition) is 5. The molecule has 0 saturated carbocycles. The summed E-state index contributed by atoms with van der Waals surface area (Å²) in [6, 6.07) is -1.28. The summed E-state index contributed by atoms with van der Waals surface area (Å²) in [5, 5.41) is 10.0. The number of carbonyl (C=O) groups is 3. The maximum atomic E-state index is 14.1. The average molecular weight is 543 g/mol. The van der Waals surface area contributed by atoms with E-state index in [0.717, 1.165) is 0 Å². The predicted octanol–water partition coefficient (Wildman–Crippen LogP) is 2.29. The maximum absolute atomic E-state index is 14.1. The standard InChI is InChI=1S/C24H36BrN3O4S/c1-7-10-26(6)21(30)17-18-22(31)28(15(9-3)13-29)20(23(32)27(11-8-2)14(4)5)24(18)12-16(25)19(17)33-24/h7-8,14-20,29H,1-2,9-13H2,3-6H3/t15-,16?,17-,18-,19-,20?,24?/m0/s1. The van der Waals surface area contributed by atoms with Gasteiger partial charge in [0.1, 0.15) is 6.04 Å². The van der Waals surface area contributed by atoms with Crippen LogP contribution in [-0.2, 0) is 14.4 Å². The van der Waals surface area contributed by atoms with Gasteiger partial charge in [0, 0.05) is 36.3 Å². The molecule has 3 fully saturated rings. The molecule has 1 spiro atoms. The number of amides is 3. The highest BCUT2D eigenvalue weighted by Crippen LogP contribution is 2.68. The summed E-state index contributed by atoms with van der Waals surface area (Å²) in [7, 11) is 1.73. The van der Waals surface area contributed by atoms with E-state index in [1.807, 2.05) is 20.8 Å². The van der Waals surface area contributed by atoms with Crippen LogP contribution in [0.25, 0.3) is 0 Å². The number of thioether (sulfide) groups is 1. The van der Waals surface area contributed by atoms with Gasteiger partial charge in [-0.15, -0.1) is 24.9 Å². The van der Waals surface area contributed by atoms with Gasteiger partial charge >= 0.3 is 0 Å². The molecule has 3 heterocycles. The lowest BCUT2D eigenvalue weighted by Crippen LogP contribution is -2.58. The van der Waals surface area contributed by atoms with Crippen molar-refractivity contribution >= 4 is 45.4 Å². The highest BCUT2D eigenvalue weighted by molar-refractivity contribution is 9.09. The first kappa shape index (κ1) is 26.3. The molecule has 9 heteroatoms. The van der Waals surface area contributed by atoms with Crippen LogP contribution < -0.4 is 0 Å². The minimum absolute atomic E-state index is 0.0222. The number of hydrogen-bond donors (Lipinski definition) is 1. The summed E-state index contributed by atoms with van der Waals surface area (Å²) in [4.78, 5) is 46.6. The molecule has 3 unspecified atom stereocenters. The Morgan fingerprint density at radius 2 is 1.94 bits per heavy atom. The van der Waals surface area contributed by atoms with E-state index in [1.165, 1.54) is 0 Å². The zero-order valence-electron chi connectivity index (χ0n) is 19.9. The molecule has 184 valence electrons. The third-order valence-electron chi connectivity index (χ3n) is 7.33. The molecular formula is C24H36BrN3O4S. The van der Waals surface area contributed by atoms with Gasteiger partial charge in [0.05, 0.1) is 29.2 Å². The van der Waals surface area contributed by atoms with Crippen molar-refractivity contribution in [1.29, 1.82) is 0 Å². The van der Waals surface area contributed by atoms with Gasteiger partial charge in [-0.05, 0) is 26.7 Å². The Labute approximate surface area is 209 Å². The van der Waals surface area contributed by atoms with Crippen molar-refractivity contribution in [3.8, 4) is 0 Å². The molecule has 1 N–H and O–H groups in total. The third kappa shape index (κ3) is 4.08. The molecule has 3 saturated heterocycles. The van der Waals surface area contributed by atoms with Crippen LogP contribution in [0.5, 0.6) is 0 Å². The van der Waals surface area contributed by atoms with E-state index >= 15 is 0 Å². The van der Waals surface area contributed by atoms with Crippen molar-refractivity contribution in [2.75, 3.05) is 26.7 Å². The topological polar surface area (TPSA) is 81.2 Å². The largest absolute Gasteiger partial charge is 0.394 e. The van der Waals surface area contributed by atoms with Crippen molar-refractivity contribution in [3.63, 3.8) is 0 Å². The van der Waals surface area contributed by atoms with E-state index in [2.05, 4.69) is 29.1 Å². The highest BCUT2D eigenvalue weighted by Gasteiger charge is 2.76. The number of aliphatic hydroxyl groups excluding tert-OH is 1. The van der Waals surface area contributed by atoms with Crippen LogP contribution >= 0.6 is 27.7 Å². The quantitative estimate of drug-likeness (QED) is 0.339. The zero-order chi connectivity index (χ0) is 24.7. The molecule has 2 bridgehead atoms. The van der Waals surface area contributed by atoms with Crippen molar-refractivity contribution < 1.29 is 19.5 Å². The van der Waals surface area contributed by atoms with Crippen LogP contribution in [0.1, 0.15) is 33.6 Å². The van der Waals surface area contributed by atoms with Gasteiger partial charge in [0.15, 0.2) is 0 Å². The fourth-order valence-corrected chi connectivity index (χ4v) is 9.41. The minimum atomic E-state index is -0.730. The molecule has 0 aliphatic carbocycles. The molecule has 0 aromatic heterocycles. The first-order valence-corrected chi connectivity index (χ1v) is 13.4. The second-order valence-electron chi connectivity index (χ2n) is 9.53. The summed E-state index contributed by atoms with van der Waals surface area (Å²) in [5.74, 6) is -1.51. The number of halogens is 1. The Hall–Kier alpha value is -1.32. The molecule has 3 rings (SSSR count). The van der Waals surface area contributed by atoms with Gasteiger partial charge in [0.2, 0.25) is 17.7 Å². The average Bonchev–Trinajstić information content (AvgIpc) is 3.36. The van der Waals surface area contributed by atoms with Crippen LogP contribution in [-0.4, -0.2) is 97.2 Å². The Morgan fingerprint density at radius 1 is 1.30 bits per heavy atom. The van der Waals surface area contributed by atoms with Crippen LogP contribution in [0, 0.1) is 11.8 Å². The third-order valence-corrected chi connectivity index (χ3v) is 10.6. The fourth-order valence-electron chi connectivity index (χ4n) is 5.83. The van der Waals surface area contributed by atoms with Crippen LogP contribution in [0.2, 0.25) is 0 Å². The monoisotopic (exact) mass is 541 g/mol. The highest BCUT2D eigenvalue weighted by atomic mass is 79.9. The minimum Gasteiger partial charge on any atom is -0.394 e. The van der Waals surface area contributed by atoms with Gasteiger partial charge in [-0.2, -0.15) is 0 Å². The summed E-state index contributed by atoms with van der Waals surface area (Å²) < 4.78 is -0.709. The Kier molecular flexibility index (Phi) is 8.06. The first-order valence-electron chi connectivity index (χ1n) is 11.6. The maximum Gasteiger partial charge on any atom is 0.247 e. The second kappa shape index (κ2) is 10.1. The van der Waals surface area contributed by atoms with Crippen molar-refractivity contribution in [1.82, 2.24) is 14.7 Å². The number of alkyl halides is 1. The SMILES string of the molecule is C=CCN(C)C(=O)[C@H]1[C@H]2C(=O)N([C@@H](CC)CO)C(C(=O)N(CC=C)C(C)C)C23CC(Br)[C@@H]1S3. The molecule has 7 atom stereocenters. The predicted molar refractivity (Wildman–Crippen MR) is 135 cm³/mol. The number of likely N-dealkylation sites (N-methyl/N-ethyl adjacent to an activating group) is 1. The summed E-state index contributed by atoms with van der Waals surface area (Å²) in [6.07, 6.45) is 4.52. The molecule has 33 heavy (non-hydrogen) atoms. The van der Waals surface area contributed by atoms with Crippen molar-refractivity contribution in [3.05, 3.63) is 25.3 Å². The normalized spacial score (nSPS) is 33.2. The Bertz CT molecular complexity index is 820. The number of rotatable bonds is 10. The van der Waals surface area contributed by atoms with Crippen LogP contribution in [0.3, 0.4) is 0 Å². The second-order valence-corrected chi connectivity index (χ2v) is 12.3. The number of likely N-dealkylation sites (tertiary alicyclic amines) is 1. The van der Waals surface area contributed by atoms with E-state index in [0.29, 0.717) is 25.9 Å². The van der Waals surface area contributed by atoms with E-state index in [9.17, 15) is 19.5 Å². The molecule has 0 aromatic carbocycles. The smallest absolute Gasteiger partial charge is 0.247 e. The molecule has 0 aromatic rings. The summed E-state index contributed by atoms with van der Waals surface area (Å²) in [5.41, 5.74) is 0. The summed E-state index contributed by atoms with van der Waals surface area (Å²) >= 11 is 5.40. The fraction of sp³-hybridized carbons (Fsp3) is 0.708. The number of aliphatic hydroxyl groups is 1. The van der Waals surface area contributed by atoms with Gasteiger partial charge in [-0.1, -0.05) is 35.0 Å². The van der Waals surface area contributed by atoms with Gasteiger partial charge in [0.25, 0.3) is 0 Å². The first-order chi connectivity index (χ1) is 15.6. The lowest BCUT2D eigenvalue weighted by molar-refractivity contribution is -0.147. The molecule has 7 nitrogen and oxygen atoms in total. The molecule has 3 amide bonds. The molecule has 0 radical (unpaired) electrons. The lowest BCUT2D eigenvalue weighted by Gasteiger charge is -2.40. The van der Waals surface area contributed by atoms with Crippen LogP contribution in [0.4, 0.5) is 0 Å². The Balaban J connectivity index is 2.13. The number of carbonyl (C=O) groups excluding carboxylic acids is 3. The van der Waals surface area contributed by atoms with E-state index in [4.69, 9.17) is 0 Å². The van der Waals surface area contributed by atoms with Gasteiger partial charge in [-0.25, -0.2) is 0 Å². The van der Waals surface area contributed by atoms with E-state index < -0.39 is 28.7 Å². The molecule has 3 aliphatic heterocycles. The van der Waals surface area contributed by atoms with Crippen molar-refractivity contribution in [2.45, 2.75) is 66.6 Å². The Morgan fingerprint density at radius 3 is 2.45 bits per heavy atom. The summed E-state index contributed by atoms with van der Waals surface area (Å²) in [6.45, 7) is 13.9. The number of nitrogens with zero attached hydrogens (tertiary/aromatic N) is 3. The van der Waals surface area contributed by atoms with E-state index in [1.54, 1.807) is 45.7 Å². The van der Waals surface area contributed by atoms with E-state index in [-0.39, 0.29) is 40.4 Å².